The minimum atomic E-state index is -0.186. The zero-order chi connectivity index (χ0) is 14.3. The number of anilines is 1. The molecule has 20 heavy (non-hydrogen) atoms. The summed E-state index contributed by atoms with van der Waals surface area (Å²) in [5, 5.41) is 6.98. The van der Waals surface area contributed by atoms with Gasteiger partial charge in [-0.3, -0.25) is 9.89 Å². The summed E-state index contributed by atoms with van der Waals surface area (Å²) in [6, 6.07) is 0. The standard InChI is InChI=1S/C13H18N6O/c1-18-6-5-15-9(18)7-19(2)13(20)12-10(14)11(16-17-12)8-3-4-8/h5-6,8H,3-4,7,14H2,1-2H3,(H,16,17). The molecule has 1 aliphatic carbocycles. The second-order valence-corrected chi connectivity index (χ2v) is 5.29. The second kappa shape index (κ2) is 4.66. The van der Waals surface area contributed by atoms with Gasteiger partial charge in [0, 0.05) is 32.4 Å². The Morgan fingerprint density at radius 3 is 2.95 bits per heavy atom. The van der Waals surface area contributed by atoms with Crippen LogP contribution in [0, 0.1) is 0 Å². The zero-order valence-corrected chi connectivity index (χ0v) is 11.6. The van der Waals surface area contributed by atoms with Crippen LogP contribution in [0.25, 0.3) is 0 Å². The first-order chi connectivity index (χ1) is 9.58. The van der Waals surface area contributed by atoms with E-state index in [1.807, 2.05) is 17.8 Å². The number of carbonyl (C=O) groups excluding carboxylic acids is 1. The summed E-state index contributed by atoms with van der Waals surface area (Å²) in [7, 11) is 3.62. The fraction of sp³-hybridized carbons (Fsp3) is 0.462. The maximum absolute atomic E-state index is 12.4. The number of hydrogen-bond acceptors (Lipinski definition) is 4. The number of nitrogen functional groups attached to an aromatic ring is 1. The average molecular weight is 274 g/mol. The van der Waals surface area contributed by atoms with Crippen molar-refractivity contribution in [2.24, 2.45) is 7.05 Å². The van der Waals surface area contributed by atoms with E-state index in [0.717, 1.165) is 24.4 Å². The Kier molecular flexibility index (Phi) is 2.96. The Morgan fingerprint density at radius 2 is 2.35 bits per heavy atom. The van der Waals surface area contributed by atoms with Gasteiger partial charge in [-0.05, 0) is 12.8 Å². The van der Waals surface area contributed by atoms with Crippen LogP contribution in [0.15, 0.2) is 12.4 Å². The molecular weight excluding hydrogens is 256 g/mol. The van der Waals surface area contributed by atoms with Gasteiger partial charge in [0.1, 0.15) is 5.82 Å². The molecule has 7 heteroatoms. The van der Waals surface area contributed by atoms with E-state index in [1.54, 1.807) is 18.1 Å². The molecule has 0 aromatic carbocycles. The number of aryl methyl sites for hydroxylation is 1. The Bertz CT molecular complexity index is 639. The summed E-state index contributed by atoms with van der Waals surface area (Å²) in [5.74, 6) is 1.08. The Hall–Kier alpha value is -2.31. The van der Waals surface area contributed by atoms with Gasteiger partial charge in [-0.15, -0.1) is 0 Å². The summed E-state index contributed by atoms with van der Waals surface area (Å²) >= 11 is 0. The maximum atomic E-state index is 12.4. The van der Waals surface area contributed by atoms with Gasteiger partial charge in [-0.25, -0.2) is 4.98 Å². The predicted octanol–water partition coefficient (Wildman–Crippen LogP) is 0.875. The number of hydrogen-bond donors (Lipinski definition) is 2. The average Bonchev–Trinajstić information content (AvgIpc) is 3.09. The van der Waals surface area contributed by atoms with Gasteiger partial charge in [-0.1, -0.05) is 0 Å². The quantitative estimate of drug-likeness (QED) is 0.865. The van der Waals surface area contributed by atoms with E-state index in [1.165, 1.54) is 0 Å². The molecule has 1 amide bonds. The molecule has 2 heterocycles. The minimum absolute atomic E-state index is 0.186. The van der Waals surface area contributed by atoms with Crippen LogP contribution in [0.3, 0.4) is 0 Å². The lowest BCUT2D eigenvalue weighted by molar-refractivity contribution is 0.0775. The van der Waals surface area contributed by atoms with E-state index in [2.05, 4.69) is 15.2 Å². The van der Waals surface area contributed by atoms with Crippen molar-refractivity contribution < 1.29 is 4.79 Å². The molecule has 0 radical (unpaired) electrons. The molecule has 3 N–H and O–H groups in total. The van der Waals surface area contributed by atoms with E-state index in [9.17, 15) is 4.79 Å². The molecule has 0 spiro atoms. The Balaban J connectivity index is 1.76. The fourth-order valence-corrected chi connectivity index (χ4v) is 2.22. The molecule has 1 aliphatic rings. The number of carbonyl (C=O) groups is 1. The van der Waals surface area contributed by atoms with Gasteiger partial charge < -0.3 is 15.2 Å². The van der Waals surface area contributed by atoms with Crippen LogP contribution < -0.4 is 5.73 Å². The van der Waals surface area contributed by atoms with Crippen molar-refractivity contribution in [3.8, 4) is 0 Å². The van der Waals surface area contributed by atoms with Crippen molar-refractivity contribution in [3.63, 3.8) is 0 Å². The lowest BCUT2D eigenvalue weighted by Gasteiger charge is -2.15. The normalized spacial score (nSPS) is 14.5. The molecule has 7 nitrogen and oxygen atoms in total. The highest BCUT2D eigenvalue weighted by Gasteiger charge is 2.31. The first-order valence-electron chi connectivity index (χ1n) is 6.63. The molecule has 0 atom stereocenters. The fourth-order valence-electron chi connectivity index (χ4n) is 2.22. The zero-order valence-electron chi connectivity index (χ0n) is 11.6. The van der Waals surface area contributed by atoms with Crippen LogP contribution in [0.2, 0.25) is 0 Å². The molecule has 106 valence electrons. The van der Waals surface area contributed by atoms with E-state index in [0.29, 0.717) is 23.8 Å². The van der Waals surface area contributed by atoms with Crippen molar-refractivity contribution in [1.29, 1.82) is 0 Å². The van der Waals surface area contributed by atoms with Crippen molar-refractivity contribution >= 4 is 11.6 Å². The number of nitrogens with zero attached hydrogens (tertiary/aromatic N) is 4. The first kappa shape index (κ1) is 12.7. The Labute approximate surface area is 116 Å². The van der Waals surface area contributed by atoms with Crippen LogP contribution >= 0.6 is 0 Å². The largest absolute Gasteiger partial charge is 0.395 e. The molecule has 1 saturated carbocycles. The van der Waals surface area contributed by atoms with Crippen LogP contribution in [-0.4, -0.2) is 37.6 Å². The number of H-pyrrole nitrogens is 1. The molecule has 2 aromatic rings. The number of imidazole rings is 1. The highest BCUT2D eigenvalue weighted by Crippen LogP contribution is 2.42. The molecule has 0 aliphatic heterocycles. The van der Waals surface area contributed by atoms with Gasteiger partial charge >= 0.3 is 0 Å². The van der Waals surface area contributed by atoms with E-state index in [-0.39, 0.29) is 5.91 Å². The topological polar surface area (TPSA) is 92.8 Å². The summed E-state index contributed by atoms with van der Waals surface area (Å²) in [6.07, 6.45) is 5.79. The van der Waals surface area contributed by atoms with Gasteiger partial charge in [-0.2, -0.15) is 5.10 Å². The van der Waals surface area contributed by atoms with Crippen LogP contribution in [-0.2, 0) is 13.6 Å². The maximum Gasteiger partial charge on any atom is 0.276 e. The summed E-state index contributed by atoms with van der Waals surface area (Å²) in [4.78, 5) is 18.2. The third-order valence-electron chi connectivity index (χ3n) is 3.67. The van der Waals surface area contributed by atoms with Gasteiger partial charge in [0.05, 0.1) is 17.9 Å². The second-order valence-electron chi connectivity index (χ2n) is 5.29. The van der Waals surface area contributed by atoms with Crippen molar-refractivity contribution in [2.45, 2.75) is 25.3 Å². The lowest BCUT2D eigenvalue weighted by Crippen LogP contribution is -2.28. The number of nitrogens with one attached hydrogen (secondary N) is 1. The molecule has 0 bridgehead atoms. The third-order valence-corrected chi connectivity index (χ3v) is 3.67. The van der Waals surface area contributed by atoms with Crippen LogP contribution in [0.4, 0.5) is 5.69 Å². The molecule has 3 rings (SSSR count). The minimum Gasteiger partial charge on any atom is -0.395 e. The highest BCUT2D eigenvalue weighted by atomic mass is 16.2. The Morgan fingerprint density at radius 1 is 1.60 bits per heavy atom. The number of amides is 1. The van der Waals surface area contributed by atoms with Crippen molar-refractivity contribution in [2.75, 3.05) is 12.8 Å². The van der Waals surface area contributed by atoms with E-state index >= 15 is 0 Å². The summed E-state index contributed by atoms with van der Waals surface area (Å²) in [6.45, 7) is 0.424. The number of aromatic nitrogens is 4. The van der Waals surface area contributed by atoms with Crippen LogP contribution in [0.5, 0.6) is 0 Å². The first-order valence-corrected chi connectivity index (χ1v) is 6.63. The SMILES string of the molecule is CN(Cc1nccn1C)C(=O)c1n[nH]c(C2CC2)c1N. The molecular formula is C13H18N6O. The third kappa shape index (κ3) is 2.15. The highest BCUT2D eigenvalue weighted by molar-refractivity contribution is 5.97. The molecule has 1 fully saturated rings. The number of rotatable bonds is 4. The smallest absolute Gasteiger partial charge is 0.276 e. The predicted molar refractivity (Wildman–Crippen MR) is 74.0 cm³/mol. The van der Waals surface area contributed by atoms with Crippen LogP contribution in [0.1, 0.15) is 40.8 Å². The van der Waals surface area contributed by atoms with Gasteiger partial charge in [0.25, 0.3) is 5.91 Å². The molecule has 2 aromatic heterocycles. The summed E-state index contributed by atoms with van der Waals surface area (Å²) in [5.41, 5.74) is 7.72. The summed E-state index contributed by atoms with van der Waals surface area (Å²) < 4.78 is 1.88. The van der Waals surface area contributed by atoms with E-state index in [4.69, 9.17) is 5.73 Å². The molecule has 0 saturated heterocycles. The van der Waals surface area contributed by atoms with E-state index < -0.39 is 0 Å². The number of aromatic amines is 1. The monoisotopic (exact) mass is 274 g/mol. The lowest BCUT2D eigenvalue weighted by atomic mass is 10.2. The van der Waals surface area contributed by atoms with Crippen molar-refractivity contribution in [3.05, 3.63) is 29.6 Å². The van der Waals surface area contributed by atoms with Crippen molar-refractivity contribution in [1.82, 2.24) is 24.6 Å². The van der Waals surface area contributed by atoms with Gasteiger partial charge in [0.15, 0.2) is 5.69 Å². The number of nitrogens with two attached hydrogens (primary N) is 1. The molecule has 0 unspecified atom stereocenters. The van der Waals surface area contributed by atoms with Gasteiger partial charge in [0.2, 0.25) is 0 Å².